The molecule has 0 saturated carbocycles. The fourth-order valence-electron chi connectivity index (χ4n) is 2.64. The van der Waals surface area contributed by atoms with E-state index in [-0.39, 0.29) is 17.0 Å². The lowest BCUT2D eigenvalue weighted by atomic mass is 9.96. The van der Waals surface area contributed by atoms with Crippen LogP contribution in [0, 0.1) is 13.8 Å². The highest BCUT2D eigenvalue weighted by Gasteiger charge is 2.22. The molecule has 1 aromatic heterocycles. The summed E-state index contributed by atoms with van der Waals surface area (Å²) < 4.78 is 0. The number of nitrogens with zero attached hydrogens (tertiary/aromatic N) is 1. The van der Waals surface area contributed by atoms with Gasteiger partial charge in [-0.2, -0.15) is 0 Å². The van der Waals surface area contributed by atoms with Crippen molar-refractivity contribution in [2.75, 3.05) is 0 Å². The number of rotatable bonds is 3. The van der Waals surface area contributed by atoms with Crippen LogP contribution >= 0.6 is 11.6 Å². The Bertz CT molecular complexity index is 991. The molecule has 2 aromatic carbocycles. The fraction of sp³-hybridized carbons (Fsp3) is 0.211. The van der Waals surface area contributed by atoms with E-state index >= 15 is 0 Å². The Kier molecular flexibility index (Phi) is 4.24. The Morgan fingerprint density at radius 1 is 1.12 bits per heavy atom. The van der Waals surface area contributed by atoms with Crippen molar-refractivity contribution in [1.82, 2.24) is 9.97 Å². The molecule has 0 aliphatic rings. The Labute approximate surface area is 144 Å². The van der Waals surface area contributed by atoms with Gasteiger partial charge in [0.15, 0.2) is 5.78 Å². The molecule has 0 saturated heterocycles. The van der Waals surface area contributed by atoms with Crippen molar-refractivity contribution in [1.29, 1.82) is 0 Å². The van der Waals surface area contributed by atoms with E-state index in [1.807, 2.05) is 26.0 Å². The summed E-state index contributed by atoms with van der Waals surface area (Å²) in [5.74, 6) is -0.797. The van der Waals surface area contributed by atoms with Gasteiger partial charge in [-0.3, -0.25) is 9.59 Å². The fourth-order valence-corrected chi connectivity index (χ4v) is 2.77. The third-order valence-corrected chi connectivity index (χ3v) is 4.52. The highest BCUT2D eigenvalue weighted by Crippen LogP contribution is 2.21. The van der Waals surface area contributed by atoms with Gasteiger partial charge in [-0.1, -0.05) is 11.6 Å². The monoisotopic (exact) mass is 340 g/mol. The number of aromatic amines is 1. The number of halogens is 1. The summed E-state index contributed by atoms with van der Waals surface area (Å²) >= 11 is 5.85. The van der Waals surface area contributed by atoms with Crippen LogP contribution in [0.25, 0.3) is 11.0 Å². The first kappa shape index (κ1) is 16.4. The molecule has 24 heavy (non-hydrogen) atoms. The lowest BCUT2D eigenvalue weighted by Crippen LogP contribution is -2.22. The number of carbonyl (C=O) groups excluding carboxylic acids is 1. The Morgan fingerprint density at radius 3 is 2.42 bits per heavy atom. The van der Waals surface area contributed by atoms with Gasteiger partial charge in [-0.15, -0.1) is 0 Å². The lowest BCUT2D eigenvalue weighted by molar-refractivity contribution is 0.0964. The predicted molar refractivity (Wildman–Crippen MR) is 96.0 cm³/mol. The molecule has 0 aliphatic carbocycles. The lowest BCUT2D eigenvalue weighted by Gasteiger charge is -2.11. The molecule has 3 aromatic rings. The van der Waals surface area contributed by atoms with Crippen molar-refractivity contribution in [3.63, 3.8) is 0 Å². The number of nitrogens with one attached hydrogen (secondary N) is 1. The van der Waals surface area contributed by atoms with Gasteiger partial charge >= 0.3 is 0 Å². The molecular weight excluding hydrogens is 324 g/mol. The summed E-state index contributed by atoms with van der Waals surface area (Å²) in [7, 11) is 0. The molecule has 3 rings (SSSR count). The van der Waals surface area contributed by atoms with Gasteiger partial charge in [0.2, 0.25) is 0 Å². The van der Waals surface area contributed by atoms with E-state index in [0.29, 0.717) is 21.6 Å². The molecule has 1 atom stereocenters. The number of Topliss-reactive ketones (excluding diaryl/α,β-unsaturated/α-hetero) is 1. The summed E-state index contributed by atoms with van der Waals surface area (Å²) in [5, 5.41) is 0.562. The number of H-pyrrole nitrogens is 1. The first-order valence-corrected chi connectivity index (χ1v) is 8.05. The van der Waals surface area contributed by atoms with Crippen LogP contribution in [-0.4, -0.2) is 15.8 Å². The number of fused-ring (bicyclic) bond motifs is 1. The number of hydrogen-bond acceptors (Lipinski definition) is 3. The van der Waals surface area contributed by atoms with E-state index < -0.39 is 5.92 Å². The standard InChI is InChI=1S/C19H17ClN2O2/c1-10-8-15-16(9-11(10)2)22-19(24)17(21-15)12(3)18(23)13-4-6-14(20)7-5-13/h4-9,12H,1-3H3,(H,22,24)/t12-/m1/s1. The number of aromatic nitrogens is 2. The van der Waals surface area contributed by atoms with Crippen molar-refractivity contribution < 1.29 is 4.79 Å². The number of benzene rings is 2. The van der Waals surface area contributed by atoms with Crippen LogP contribution in [0.4, 0.5) is 0 Å². The summed E-state index contributed by atoms with van der Waals surface area (Å²) in [6, 6.07) is 10.4. The van der Waals surface area contributed by atoms with E-state index in [2.05, 4.69) is 9.97 Å². The molecule has 0 spiro atoms. The minimum absolute atomic E-state index is 0.159. The van der Waals surface area contributed by atoms with Gasteiger partial charge in [0, 0.05) is 10.6 Å². The van der Waals surface area contributed by atoms with Gasteiger partial charge in [0.1, 0.15) is 5.69 Å². The number of ketones is 1. The summed E-state index contributed by atoms with van der Waals surface area (Å²) in [5.41, 5.74) is 3.93. The minimum Gasteiger partial charge on any atom is -0.319 e. The smallest absolute Gasteiger partial charge is 0.270 e. The maximum Gasteiger partial charge on any atom is 0.270 e. The second kappa shape index (κ2) is 6.21. The second-order valence-corrected chi connectivity index (χ2v) is 6.43. The van der Waals surface area contributed by atoms with Crippen molar-refractivity contribution in [3.05, 3.63) is 74.2 Å². The van der Waals surface area contributed by atoms with Gasteiger partial charge in [0.25, 0.3) is 5.56 Å². The summed E-state index contributed by atoms with van der Waals surface area (Å²) in [6.45, 7) is 5.67. The zero-order chi connectivity index (χ0) is 17.4. The van der Waals surface area contributed by atoms with Gasteiger partial charge in [0.05, 0.1) is 17.0 Å². The molecule has 0 amide bonds. The molecule has 0 aliphatic heterocycles. The molecule has 122 valence electrons. The largest absolute Gasteiger partial charge is 0.319 e. The van der Waals surface area contributed by atoms with Crippen molar-refractivity contribution >= 4 is 28.4 Å². The summed E-state index contributed by atoms with van der Waals surface area (Å²) in [4.78, 5) is 32.3. The van der Waals surface area contributed by atoms with E-state index in [1.54, 1.807) is 31.2 Å². The zero-order valence-corrected chi connectivity index (χ0v) is 14.4. The SMILES string of the molecule is Cc1cc2nc([C@@H](C)C(=O)c3ccc(Cl)cc3)c(=O)[nH]c2cc1C. The van der Waals surface area contributed by atoms with Crippen LogP contribution in [0.3, 0.4) is 0 Å². The molecule has 0 fully saturated rings. The molecule has 4 nitrogen and oxygen atoms in total. The average Bonchev–Trinajstić information content (AvgIpc) is 2.55. The molecular formula is C19H17ClN2O2. The number of aryl methyl sites for hydroxylation is 2. The van der Waals surface area contributed by atoms with Crippen LogP contribution in [0.5, 0.6) is 0 Å². The Hall–Kier alpha value is -2.46. The number of carbonyl (C=O) groups is 1. The average molecular weight is 341 g/mol. The molecule has 1 N–H and O–H groups in total. The van der Waals surface area contributed by atoms with Crippen LogP contribution in [-0.2, 0) is 0 Å². The molecule has 1 heterocycles. The highest BCUT2D eigenvalue weighted by molar-refractivity contribution is 6.30. The third-order valence-electron chi connectivity index (χ3n) is 4.27. The normalized spacial score (nSPS) is 12.3. The molecule has 0 unspecified atom stereocenters. The van der Waals surface area contributed by atoms with Crippen LogP contribution in [0.15, 0.2) is 41.2 Å². The van der Waals surface area contributed by atoms with Crippen LogP contribution in [0.2, 0.25) is 5.02 Å². The molecule has 5 heteroatoms. The first-order valence-electron chi connectivity index (χ1n) is 7.68. The van der Waals surface area contributed by atoms with Crippen molar-refractivity contribution in [2.45, 2.75) is 26.7 Å². The van der Waals surface area contributed by atoms with E-state index in [0.717, 1.165) is 11.1 Å². The quantitative estimate of drug-likeness (QED) is 0.727. The number of hydrogen-bond donors (Lipinski definition) is 1. The third kappa shape index (κ3) is 2.97. The topological polar surface area (TPSA) is 62.8 Å². The van der Waals surface area contributed by atoms with Gasteiger partial charge in [-0.25, -0.2) is 4.98 Å². The van der Waals surface area contributed by atoms with Crippen molar-refractivity contribution in [3.8, 4) is 0 Å². The zero-order valence-electron chi connectivity index (χ0n) is 13.7. The van der Waals surface area contributed by atoms with Gasteiger partial charge in [-0.05, 0) is 68.3 Å². The highest BCUT2D eigenvalue weighted by atomic mass is 35.5. The maximum absolute atomic E-state index is 12.6. The van der Waals surface area contributed by atoms with E-state index in [4.69, 9.17) is 11.6 Å². The van der Waals surface area contributed by atoms with E-state index in [1.165, 1.54) is 0 Å². The Morgan fingerprint density at radius 2 is 1.75 bits per heavy atom. The van der Waals surface area contributed by atoms with Crippen molar-refractivity contribution in [2.24, 2.45) is 0 Å². The molecule has 0 bridgehead atoms. The molecule has 0 radical (unpaired) electrons. The minimum atomic E-state index is -0.638. The van der Waals surface area contributed by atoms with Crippen LogP contribution < -0.4 is 5.56 Å². The maximum atomic E-state index is 12.6. The second-order valence-electron chi connectivity index (χ2n) is 6.00. The summed E-state index contributed by atoms with van der Waals surface area (Å²) in [6.07, 6.45) is 0. The Balaban J connectivity index is 2.06. The predicted octanol–water partition coefficient (Wildman–Crippen LogP) is 4.18. The first-order chi connectivity index (χ1) is 11.4. The van der Waals surface area contributed by atoms with E-state index in [9.17, 15) is 9.59 Å². The van der Waals surface area contributed by atoms with Gasteiger partial charge < -0.3 is 4.98 Å². The van der Waals surface area contributed by atoms with Crippen LogP contribution in [0.1, 0.15) is 40.0 Å².